The summed E-state index contributed by atoms with van der Waals surface area (Å²) in [7, 11) is 0. The Kier molecular flexibility index (Phi) is 3.96. The second-order valence-electron chi connectivity index (χ2n) is 4.87. The number of likely N-dealkylation sites (N-methyl/N-ethyl adjacent to an activating group) is 1. The van der Waals surface area contributed by atoms with E-state index in [0.717, 1.165) is 42.5 Å². The number of hydrogen-bond acceptors (Lipinski definition) is 5. The lowest BCUT2D eigenvalue weighted by atomic mass is 10.2. The smallest absolute Gasteiger partial charge is 0.177 e. The Labute approximate surface area is 117 Å². The van der Waals surface area contributed by atoms with Crippen molar-refractivity contribution in [2.24, 2.45) is 0 Å². The molecule has 1 fully saturated rings. The van der Waals surface area contributed by atoms with Crippen LogP contribution in [0, 0.1) is 0 Å². The summed E-state index contributed by atoms with van der Waals surface area (Å²) in [5.41, 5.74) is 1.03. The summed E-state index contributed by atoms with van der Waals surface area (Å²) < 4.78 is 5.44. The van der Waals surface area contributed by atoms with Gasteiger partial charge in [-0.15, -0.1) is 11.3 Å². The minimum atomic E-state index is 0.631. The summed E-state index contributed by atoms with van der Waals surface area (Å²) in [4.78, 5) is 3.61. The van der Waals surface area contributed by atoms with E-state index in [1.165, 1.54) is 6.42 Å². The van der Waals surface area contributed by atoms with Crippen LogP contribution in [-0.2, 0) is 6.54 Å². The van der Waals surface area contributed by atoms with Crippen LogP contribution in [-0.4, -0.2) is 35.7 Å². The van der Waals surface area contributed by atoms with Gasteiger partial charge in [-0.05, 0) is 31.0 Å². The van der Waals surface area contributed by atoms with Crippen molar-refractivity contribution in [3.8, 4) is 10.6 Å². The zero-order valence-electron chi connectivity index (χ0n) is 11.1. The maximum atomic E-state index is 5.44. The predicted octanol–water partition coefficient (Wildman–Crippen LogP) is 2.59. The Hall–Kier alpha value is -1.17. The topological polar surface area (TPSA) is 41.3 Å². The molecule has 19 heavy (non-hydrogen) atoms. The monoisotopic (exact) mass is 277 g/mol. The maximum absolute atomic E-state index is 5.44. The second kappa shape index (κ2) is 5.86. The van der Waals surface area contributed by atoms with Gasteiger partial charge in [0.2, 0.25) is 0 Å². The van der Waals surface area contributed by atoms with E-state index >= 15 is 0 Å². The third kappa shape index (κ3) is 2.88. The first-order valence-corrected chi connectivity index (χ1v) is 7.69. The van der Waals surface area contributed by atoms with E-state index in [2.05, 4.69) is 39.8 Å². The van der Waals surface area contributed by atoms with Gasteiger partial charge in [-0.3, -0.25) is 4.90 Å². The largest absolute Gasteiger partial charge is 0.355 e. The van der Waals surface area contributed by atoms with E-state index < -0.39 is 0 Å². The average molecular weight is 277 g/mol. The Bertz CT molecular complexity index is 503. The quantitative estimate of drug-likeness (QED) is 0.912. The van der Waals surface area contributed by atoms with Crippen LogP contribution in [0.1, 0.15) is 19.0 Å². The van der Waals surface area contributed by atoms with Crippen molar-refractivity contribution in [2.75, 3.05) is 19.6 Å². The van der Waals surface area contributed by atoms with Crippen LogP contribution in [0.2, 0.25) is 0 Å². The van der Waals surface area contributed by atoms with Crippen LogP contribution in [0.15, 0.2) is 28.1 Å². The van der Waals surface area contributed by atoms with Gasteiger partial charge < -0.3 is 9.84 Å². The SMILES string of the molecule is CCN(Cc1cc(-c2cccs2)on1)C1CCNC1. The van der Waals surface area contributed by atoms with Crippen LogP contribution in [0.3, 0.4) is 0 Å². The van der Waals surface area contributed by atoms with Crippen LogP contribution < -0.4 is 5.32 Å². The fourth-order valence-electron chi connectivity index (χ4n) is 2.58. The minimum Gasteiger partial charge on any atom is -0.355 e. The van der Waals surface area contributed by atoms with Crippen LogP contribution in [0.4, 0.5) is 0 Å². The molecule has 1 aliphatic rings. The second-order valence-corrected chi connectivity index (χ2v) is 5.82. The van der Waals surface area contributed by atoms with Crippen molar-refractivity contribution in [3.63, 3.8) is 0 Å². The van der Waals surface area contributed by atoms with Gasteiger partial charge in [0, 0.05) is 25.2 Å². The van der Waals surface area contributed by atoms with E-state index in [-0.39, 0.29) is 0 Å². The molecular formula is C14H19N3OS. The fraction of sp³-hybridized carbons (Fsp3) is 0.500. The highest BCUT2D eigenvalue weighted by Crippen LogP contribution is 2.25. The highest BCUT2D eigenvalue weighted by atomic mass is 32.1. The van der Waals surface area contributed by atoms with Crippen LogP contribution in [0.25, 0.3) is 10.6 Å². The molecule has 2 aromatic rings. The van der Waals surface area contributed by atoms with E-state index in [4.69, 9.17) is 4.52 Å². The lowest BCUT2D eigenvalue weighted by molar-refractivity contribution is 0.204. The predicted molar refractivity (Wildman–Crippen MR) is 77.2 cm³/mol. The lowest BCUT2D eigenvalue weighted by Gasteiger charge is -2.25. The molecule has 0 amide bonds. The number of rotatable bonds is 5. The number of nitrogens with zero attached hydrogens (tertiary/aromatic N) is 2. The molecule has 3 heterocycles. The van der Waals surface area contributed by atoms with Gasteiger partial charge >= 0.3 is 0 Å². The molecule has 2 aromatic heterocycles. The summed E-state index contributed by atoms with van der Waals surface area (Å²) in [5.74, 6) is 0.880. The summed E-state index contributed by atoms with van der Waals surface area (Å²) in [6, 6.07) is 6.79. The Morgan fingerprint density at radius 3 is 3.21 bits per heavy atom. The summed E-state index contributed by atoms with van der Waals surface area (Å²) in [6.45, 7) is 6.34. The van der Waals surface area contributed by atoms with Gasteiger partial charge in [0.1, 0.15) is 0 Å². The first-order valence-electron chi connectivity index (χ1n) is 6.81. The van der Waals surface area contributed by atoms with Crippen molar-refractivity contribution >= 4 is 11.3 Å². The molecule has 5 heteroatoms. The van der Waals surface area contributed by atoms with Gasteiger partial charge in [-0.1, -0.05) is 18.1 Å². The average Bonchev–Trinajstić information content (AvgIpc) is 3.15. The zero-order valence-corrected chi connectivity index (χ0v) is 11.9. The molecule has 102 valence electrons. The Balaban J connectivity index is 1.68. The highest BCUT2D eigenvalue weighted by molar-refractivity contribution is 7.13. The van der Waals surface area contributed by atoms with E-state index in [1.807, 2.05) is 6.07 Å². The number of hydrogen-bond donors (Lipinski definition) is 1. The van der Waals surface area contributed by atoms with Crippen molar-refractivity contribution < 1.29 is 4.52 Å². The highest BCUT2D eigenvalue weighted by Gasteiger charge is 2.22. The van der Waals surface area contributed by atoms with Gasteiger partial charge in [0.15, 0.2) is 5.76 Å². The van der Waals surface area contributed by atoms with Crippen molar-refractivity contribution in [1.82, 2.24) is 15.4 Å². The normalized spacial score (nSPS) is 19.4. The third-order valence-corrected chi connectivity index (χ3v) is 4.53. The third-order valence-electron chi connectivity index (χ3n) is 3.64. The van der Waals surface area contributed by atoms with E-state index in [9.17, 15) is 0 Å². The Morgan fingerprint density at radius 2 is 2.53 bits per heavy atom. The molecule has 1 unspecified atom stereocenters. The first kappa shape index (κ1) is 12.8. The van der Waals surface area contributed by atoms with Gasteiger partial charge in [-0.2, -0.15) is 0 Å². The zero-order chi connectivity index (χ0) is 13.1. The fourth-order valence-corrected chi connectivity index (χ4v) is 3.25. The summed E-state index contributed by atoms with van der Waals surface area (Å²) in [5, 5.41) is 9.67. The molecular weight excluding hydrogens is 258 g/mol. The van der Waals surface area contributed by atoms with E-state index in [0.29, 0.717) is 6.04 Å². The first-order chi connectivity index (χ1) is 9.36. The molecule has 0 saturated carbocycles. The Morgan fingerprint density at radius 1 is 1.58 bits per heavy atom. The standard InChI is InChI=1S/C14H19N3OS/c1-2-17(12-5-6-15-9-12)10-11-8-13(18-16-11)14-4-3-7-19-14/h3-4,7-8,12,15H,2,5-6,9-10H2,1H3. The van der Waals surface area contributed by atoms with E-state index in [1.54, 1.807) is 11.3 Å². The van der Waals surface area contributed by atoms with Crippen molar-refractivity contribution in [3.05, 3.63) is 29.3 Å². The summed E-state index contributed by atoms with van der Waals surface area (Å²) >= 11 is 1.68. The number of aromatic nitrogens is 1. The molecule has 0 spiro atoms. The van der Waals surface area contributed by atoms with Crippen LogP contribution in [0.5, 0.6) is 0 Å². The molecule has 0 bridgehead atoms. The van der Waals surface area contributed by atoms with Gasteiger partial charge in [-0.25, -0.2) is 0 Å². The van der Waals surface area contributed by atoms with Crippen LogP contribution >= 0.6 is 11.3 Å². The summed E-state index contributed by atoms with van der Waals surface area (Å²) in [6.07, 6.45) is 1.23. The van der Waals surface area contributed by atoms with Crippen molar-refractivity contribution in [1.29, 1.82) is 0 Å². The molecule has 1 aliphatic heterocycles. The molecule has 4 nitrogen and oxygen atoms in total. The van der Waals surface area contributed by atoms with Crippen molar-refractivity contribution in [2.45, 2.75) is 25.9 Å². The van der Waals surface area contributed by atoms with Gasteiger partial charge in [0.25, 0.3) is 0 Å². The minimum absolute atomic E-state index is 0.631. The van der Waals surface area contributed by atoms with Gasteiger partial charge in [0.05, 0.1) is 10.6 Å². The molecule has 0 radical (unpaired) electrons. The molecule has 3 rings (SSSR count). The lowest BCUT2D eigenvalue weighted by Crippen LogP contribution is -2.36. The molecule has 0 aromatic carbocycles. The molecule has 0 aliphatic carbocycles. The molecule has 1 saturated heterocycles. The number of nitrogens with one attached hydrogen (secondary N) is 1. The molecule has 1 atom stereocenters. The maximum Gasteiger partial charge on any atom is 0.177 e. The molecule has 1 N–H and O–H groups in total. The number of thiophene rings is 1.